The van der Waals surface area contributed by atoms with Gasteiger partial charge in [-0.25, -0.2) is 8.42 Å². The predicted octanol–water partition coefficient (Wildman–Crippen LogP) is 1.22. The fraction of sp³-hybridized carbons (Fsp3) is 0.500. The van der Waals surface area contributed by atoms with Gasteiger partial charge in [0.15, 0.2) is 0 Å². The lowest BCUT2D eigenvalue weighted by molar-refractivity contribution is 0.592. The zero-order chi connectivity index (χ0) is 11.8. The Morgan fingerprint density at radius 2 is 1.81 bits per heavy atom. The molecule has 0 aliphatic heterocycles. The van der Waals surface area contributed by atoms with Crippen LogP contribution >= 0.6 is 0 Å². The van der Waals surface area contributed by atoms with Crippen molar-refractivity contribution in [2.24, 2.45) is 5.73 Å². The molecule has 1 fully saturated rings. The highest BCUT2D eigenvalue weighted by Gasteiger charge is 2.46. The molecule has 0 spiro atoms. The van der Waals surface area contributed by atoms with Crippen LogP contribution in [0.2, 0.25) is 0 Å². The molecule has 2 N–H and O–H groups in total. The quantitative estimate of drug-likeness (QED) is 0.859. The molecule has 0 saturated heterocycles. The van der Waals surface area contributed by atoms with Gasteiger partial charge in [-0.1, -0.05) is 24.3 Å². The second-order valence-electron chi connectivity index (χ2n) is 4.75. The van der Waals surface area contributed by atoms with Gasteiger partial charge < -0.3 is 5.73 Å². The molecule has 3 nitrogen and oxygen atoms in total. The Bertz CT molecular complexity index is 472. The molecule has 4 heteroatoms. The first-order valence-corrected chi connectivity index (χ1v) is 7.48. The van der Waals surface area contributed by atoms with E-state index in [1.54, 1.807) is 0 Å². The minimum absolute atomic E-state index is 0.110. The zero-order valence-electron chi connectivity index (χ0n) is 9.44. The van der Waals surface area contributed by atoms with Crippen molar-refractivity contribution in [3.8, 4) is 0 Å². The molecule has 16 heavy (non-hydrogen) atoms. The molecule has 0 bridgehead atoms. The van der Waals surface area contributed by atoms with Crippen LogP contribution in [0.3, 0.4) is 0 Å². The van der Waals surface area contributed by atoms with Gasteiger partial charge in [-0.3, -0.25) is 0 Å². The summed E-state index contributed by atoms with van der Waals surface area (Å²) in [5, 5.41) is 0. The maximum Gasteiger partial charge on any atom is 0.148 e. The van der Waals surface area contributed by atoms with Gasteiger partial charge in [0.25, 0.3) is 0 Å². The van der Waals surface area contributed by atoms with Crippen LogP contribution in [-0.2, 0) is 21.8 Å². The average Bonchev–Trinajstić information content (AvgIpc) is 2.96. The topological polar surface area (TPSA) is 60.2 Å². The lowest BCUT2D eigenvalue weighted by Gasteiger charge is -2.14. The fourth-order valence-corrected chi connectivity index (χ4v) is 3.62. The summed E-state index contributed by atoms with van der Waals surface area (Å²) in [5.41, 5.74) is 7.64. The summed E-state index contributed by atoms with van der Waals surface area (Å²) in [6.07, 6.45) is 3.26. The van der Waals surface area contributed by atoms with Gasteiger partial charge in [0.2, 0.25) is 0 Å². The van der Waals surface area contributed by atoms with E-state index in [0.29, 0.717) is 6.54 Å². The number of rotatable bonds is 4. The van der Waals surface area contributed by atoms with E-state index < -0.39 is 9.84 Å². The first-order valence-electron chi connectivity index (χ1n) is 5.42. The SMILES string of the molecule is CS(=O)(=O)CC1(c2ccc(CN)cc2)CC1. The van der Waals surface area contributed by atoms with Crippen molar-refractivity contribution in [1.29, 1.82) is 0 Å². The summed E-state index contributed by atoms with van der Waals surface area (Å²) in [4.78, 5) is 0. The van der Waals surface area contributed by atoms with Crippen LogP contribution in [0.4, 0.5) is 0 Å². The van der Waals surface area contributed by atoms with Crippen LogP contribution in [0.15, 0.2) is 24.3 Å². The van der Waals surface area contributed by atoms with Gasteiger partial charge in [-0.05, 0) is 24.0 Å². The van der Waals surface area contributed by atoms with E-state index in [9.17, 15) is 8.42 Å². The third-order valence-corrected chi connectivity index (χ3v) is 4.27. The highest BCUT2D eigenvalue weighted by Crippen LogP contribution is 2.49. The molecule has 88 valence electrons. The largest absolute Gasteiger partial charge is 0.326 e. The smallest absolute Gasteiger partial charge is 0.148 e. The molecule has 1 saturated carbocycles. The summed E-state index contributed by atoms with van der Waals surface area (Å²) in [6.45, 7) is 0.527. The molecular formula is C12H17NO2S. The molecule has 0 heterocycles. The summed E-state index contributed by atoms with van der Waals surface area (Å²) in [5.74, 6) is 0.266. The van der Waals surface area contributed by atoms with Crippen LogP contribution in [0.25, 0.3) is 0 Å². The summed E-state index contributed by atoms with van der Waals surface area (Å²) < 4.78 is 22.7. The second kappa shape index (κ2) is 3.86. The van der Waals surface area contributed by atoms with Crippen molar-refractivity contribution in [3.63, 3.8) is 0 Å². The normalized spacial score (nSPS) is 18.4. The molecule has 0 amide bonds. The molecule has 0 aromatic heterocycles. The minimum atomic E-state index is -2.91. The van der Waals surface area contributed by atoms with Crippen LogP contribution in [0.1, 0.15) is 24.0 Å². The van der Waals surface area contributed by atoms with Crippen LogP contribution in [0, 0.1) is 0 Å². The number of hydrogen-bond donors (Lipinski definition) is 1. The Kier molecular flexibility index (Phi) is 2.80. The molecule has 2 rings (SSSR count). The molecule has 1 aromatic rings. The van der Waals surface area contributed by atoms with Crippen molar-refractivity contribution in [1.82, 2.24) is 0 Å². The molecule has 0 atom stereocenters. The van der Waals surface area contributed by atoms with E-state index in [0.717, 1.165) is 24.0 Å². The van der Waals surface area contributed by atoms with Crippen molar-refractivity contribution in [3.05, 3.63) is 35.4 Å². The third-order valence-electron chi connectivity index (χ3n) is 3.19. The Morgan fingerprint density at radius 1 is 1.25 bits per heavy atom. The minimum Gasteiger partial charge on any atom is -0.326 e. The monoisotopic (exact) mass is 239 g/mol. The van der Waals surface area contributed by atoms with Crippen molar-refractivity contribution >= 4 is 9.84 Å². The van der Waals surface area contributed by atoms with Gasteiger partial charge in [-0.2, -0.15) is 0 Å². The van der Waals surface area contributed by atoms with Gasteiger partial charge in [0.1, 0.15) is 9.84 Å². The summed E-state index contributed by atoms with van der Waals surface area (Å²) in [6, 6.07) is 8.00. The van der Waals surface area contributed by atoms with Gasteiger partial charge in [-0.15, -0.1) is 0 Å². The number of nitrogens with two attached hydrogens (primary N) is 1. The summed E-state index contributed by atoms with van der Waals surface area (Å²) in [7, 11) is -2.91. The van der Waals surface area contributed by atoms with Gasteiger partial charge >= 0.3 is 0 Å². The van der Waals surface area contributed by atoms with E-state index in [2.05, 4.69) is 0 Å². The highest BCUT2D eigenvalue weighted by atomic mass is 32.2. The standard InChI is InChI=1S/C12H17NO2S/c1-16(14,15)9-12(6-7-12)11-4-2-10(8-13)3-5-11/h2-5H,6-9,13H2,1H3. The Morgan fingerprint density at radius 3 is 2.19 bits per heavy atom. The van der Waals surface area contributed by atoms with E-state index in [1.807, 2.05) is 24.3 Å². The molecule has 1 aliphatic rings. The summed E-state index contributed by atoms with van der Waals surface area (Å²) >= 11 is 0. The van der Waals surface area contributed by atoms with E-state index in [-0.39, 0.29) is 11.2 Å². The van der Waals surface area contributed by atoms with Crippen LogP contribution in [-0.4, -0.2) is 20.4 Å². The van der Waals surface area contributed by atoms with Crippen molar-refractivity contribution in [2.75, 3.05) is 12.0 Å². The highest BCUT2D eigenvalue weighted by molar-refractivity contribution is 7.90. The first-order chi connectivity index (χ1) is 7.45. The fourth-order valence-electron chi connectivity index (χ4n) is 2.16. The number of hydrogen-bond acceptors (Lipinski definition) is 3. The lowest BCUT2D eigenvalue weighted by Crippen LogP contribution is -2.19. The molecule has 1 aliphatic carbocycles. The second-order valence-corrected chi connectivity index (χ2v) is 6.89. The number of benzene rings is 1. The van der Waals surface area contributed by atoms with Crippen LogP contribution < -0.4 is 5.73 Å². The molecule has 0 unspecified atom stereocenters. The van der Waals surface area contributed by atoms with Crippen molar-refractivity contribution in [2.45, 2.75) is 24.8 Å². The maximum atomic E-state index is 11.4. The zero-order valence-corrected chi connectivity index (χ0v) is 10.3. The molecule has 0 radical (unpaired) electrons. The van der Waals surface area contributed by atoms with Crippen molar-refractivity contribution < 1.29 is 8.42 Å². The predicted molar refractivity (Wildman–Crippen MR) is 65.0 cm³/mol. The van der Waals surface area contributed by atoms with E-state index >= 15 is 0 Å². The lowest BCUT2D eigenvalue weighted by atomic mass is 9.97. The van der Waals surface area contributed by atoms with E-state index in [1.165, 1.54) is 6.26 Å². The Balaban J connectivity index is 2.23. The number of sulfone groups is 1. The Labute approximate surface area is 96.6 Å². The molecular weight excluding hydrogens is 222 g/mol. The molecule has 1 aromatic carbocycles. The van der Waals surface area contributed by atoms with Gasteiger partial charge in [0, 0.05) is 18.2 Å². The van der Waals surface area contributed by atoms with Gasteiger partial charge in [0.05, 0.1) is 5.75 Å². The first kappa shape index (κ1) is 11.6. The van der Waals surface area contributed by atoms with E-state index in [4.69, 9.17) is 5.73 Å². The average molecular weight is 239 g/mol. The third kappa shape index (κ3) is 2.44. The van der Waals surface area contributed by atoms with Crippen LogP contribution in [0.5, 0.6) is 0 Å². The maximum absolute atomic E-state index is 11.4. The Hall–Kier alpha value is -0.870.